The van der Waals surface area contributed by atoms with Crippen molar-refractivity contribution in [3.63, 3.8) is 0 Å². The van der Waals surface area contributed by atoms with Gasteiger partial charge in [0, 0.05) is 26.2 Å². The first-order chi connectivity index (χ1) is 15.7. The summed E-state index contributed by atoms with van der Waals surface area (Å²) in [4.78, 5) is 24.6. The van der Waals surface area contributed by atoms with E-state index in [4.69, 9.17) is 16.1 Å². The number of nitrogens with zero attached hydrogens (tertiary/aromatic N) is 6. The van der Waals surface area contributed by atoms with Crippen molar-refractivity contribution in [2.75, 3.05) is 19.6 Å². The van der Waals surface area contributed by atoms with E-state index in [1.54, 1.807) is 21.4 Å². The minimum atomic E-state index is -1.32. The number of fused-ring (bicyclic) bond motifs is 3. The van der Waals surface area contributed by atoms with Gasteiger partial charge in [-0.05, 0) is 38.8 Å². The van der Waals surface area contributed by atoms with E-state index in [2.05, 4.69) is 20.0 Å². The van der Waals surface area contributed by atoms with Gasteiger partial charge in [-0.2, -0.15) is 4.98 Å². The number of piperidine rings is 1. The largest absolute Gasteiger partial charge is 0.393 e. The second-order valence-corrected chi connectivity index (χ2v) is 9.34. The average molecular weight is 473 g/mol. The Hall–Kier alpha value is -2.79. The molecule has 0 saturated carbocycles. The summed E-state index contributed by atoms with van der Waals surface area (Å²) in [5.41, 5.74) is 0.357. The van der Waals surface area contributed by atoms with Crippen LogP contribution in [-0.4, -0.2) is 64.9 Å². The molecule has 174 valence electrons. The highest BCUT2D eigenvalue weighted by molar-refractivity contribution is 6.35. The van der Waals surface area contributed by atoms with Crippen LogP contribution >= 0.6 is 11.6 Å². The molecule has 1 fully saturated rings. The van der Waals surface area contributed by atoms with Crippen LogP contribution in [0.15, 0.2) is 33.8 Å². The number of aliphatic hydroxyl groups is 2. The zero-order chi connectivity index (χ0) is 23.3. The third kappa shape index (κ3) is 3.93. The molecule has 0 aliphatic carbocycles. The highest BCUT2D eigenvalue weighted by Gasteiger charge is 2.27. The summed E-state index contributed by atoms with van der Waals surface area (Å²) in [7, 11) is 0. The zero-order valence-corrected chi connectivity index (χ0v) is 19.2. The molecule has 1 saturated heterocycles. The molecule has 0 spiro atoms. The molecule has 1 aromatic carbocycles. The van der Waals surface area contributed by atoms with E-state index in [0.717, 1.165) is 31.4 Å². The Morgan fingerprint density at radius 1 is 1.21 bits per heavy atom. The van der Waals surface area contributed by atoms with Crippen LogP contribution in [0, 0.1) is 0 Å². The first kappa shape index (κ1) is 22.0. The number of imidazole rings is 1. The van der Waals surface area contributed by atoms with Gasteiger partial charge in [0.15, 0.2) is 0 Å². The fourth-order valence-corrected chi connectivity index (χ4v) is 4.53. The molecule has 4 aromatic rings. The molecular weight excluding hydrogens is 448 g/mol. The molecule has 0 unspecified atom stereocenters. The standard InChI is InChI=1S/C22H25ClN6O4/c1-22(2,32)21-25-19(26-33-21)16-18-20(31)28(11-10-27-8-6-13(30)7-9-27)17-14(23)4-3-5-15(17)29(18)12-24-16/h3-5,12-13,30,32H,6-11H2,1-2H3. The van der Waals surface area contributed by atoms with Crippen molar-refractivity contribution in [2.45, 2.75) is 44.9 Å². The average Bonchev–Trinajstić information content (AvgIpc) is 3.43. The molecular formula is C22H25ClN6O4. The van der Waals surface area contributed by atoms with Crippen LogP contribution in [-0.2, 0) is 12.1 Å². The summed E-state index contributed by atoms with van der Waals surface area (Å²) >= 11 is 6.54. The molecule has 10 nitrogen and oxygen atoms in total. The van der Waals surface area contributed by atoms with Gasteiger partial charge in [-0.25, -0.2) is 4.98 Å². The zero-order valence-electron chi connectivity index (χ0n) is 18.4. The van der Waals surface area contributed by atoms with Gasteiger partial charge >= 0.3 is 0 Å². The lowest BCUT2D eigenvalue weighted by Gasteiger charge is -2.29. The molecule has 2 N–H and O–H groups in total. The fourth-order valence-electron chi connectivity index (χ4n) is 4.26. The van der Waals surface area contributed by atoms with E-state index < -0.39 is 5.60 Å². The van der Waals surface area contributed by atoms with Crippen LogP contribution in [0.5, 0.6) is 0 Å². The lowest BCUT2D eigenvalue weighted by atomic mass is 10.1. The summed E-state index contributed by atoms with van der Waals surface area (Å²) in [6, 6.07) is 5.46. The molecule has 0 radical (unpaired) electrons. The first-order valence-electron chi connectivity index (χ1n) is 10.9. The Morgan fingerprint density at radius 2 is 1.97 bits per heavy atom. The third-order valence-electron chi connectivity index (χ3n) is 6.07. The fraction of sp³-hybridized carbons (Fsp3) is 0.455. The molecule has 5 rings (SSSR count). The maximum atomic E-state index is 13.7. The summed E-state index contributed by atoms with van der Waals surface area (Å²) in [5, 5.41) is 24.4. The van der Waals surface area contributed by atoms with Crippen LogP contribution < -0.4 is 5.56 Å². The van der Waals surface area contributed by atoms with Crippen LogP contribution in [0.2, 0.25) is 5.02 Å². The van der Waals surface area contributed by atoms with Gasteiger partial charge in [-0.1, -0.05) is 22.8 Å². The van der Waals surface area contributed by atoms with Gasteiger partial charge in [0.05, 0.1) is 22.2 Å². The van der Waals surface area contributed by atoms with Crippen molar-refractivity contribution in [2.24, 2.45) is 0 Å². The number of likely N-dealkylation sites (tertiary alicyclic amines) is 1. The number of hydrogen-bond donors (Lipinski definition) is 2. The van der Waals surface area contributed by atoms with Crippen molar-refractivity contribution in [1.82, 2.24) is 29.0 Å². The molecule has 0 atom stereocenters. The predicted molar refractivity (Wildman–Crippen MR) is 122 cm³/mol. The van der Waals surface area contributed by atoms with Crippen molar-refractivity contribution < 1.29 is 14.7 Å². The number of halogens is 1. The minimum Gasteiger partial charge on any atom is -0.393 e. The normalized spacial score (nSPS) is 16.3. The van der Waals surface area contributed by atoms with Gasteiger partial charge in [-0.3, -0.25) is 9.20 Å². The van der Waals surface area contributed by atoms with Gasteiger partial charge in [-0.15, -0.1) is 0 Å². The lowest BCUT2D eigenvalue weighted by Crippen LogP contribution is -2.39. The van der Waals surface area contributed by atoms with E-state index >= 15 is 0 Å². The Labute approximate surface area is 194 Å². The highest BCUT2D eigenvalue weighted by Crippen LogP contribution is 2.28. The minimum absolute atomic E-state index is 0.0371. The summed E-state index contributed by atoms with van der Waals surface area (Å²) in [6.45, 7) is 5.72. The van der Waals surface area contributed by atoms with Crippen molar-refractivity contribution in [3.8, 4) is 11.5 Å². The highest BCUT2D eigenvalue weighted by atomic mass is 35.5. The van der Waals surface area contributed by atoms with Crippen molar-refractivity contribution in [3.05, 3.63) is 45.8 Å². The second-order valence-electron chi connectivity index (χ2n) is 8.93. The Kier molecular flexibility index (Phi) is 5.48. The molecule has 4 heterocycles. The number of aromatic nitrogens is 5. The quantitative estimate of drug-likeness (QED) is 0.452. The van der Waals surface area contributed by atoms with E-state index in [-0.39, 0.29) is 29.1 Å². The van der Waals surface area contributed by atoms with Crippen LogP contribution in [0.3, 0.4) is 0 Å². The van der Waals surface area contributed by atoms with Crippen LogP contribution in [0.25, 0.3) is 28.1 Å². The van der Waals surface area contributed by atoms with Gasteiger partial charge in [0.1, 0.15) is 23.1 Å². The van der Waals surface area contributed by atoms with Crippen LogP contribution in [0.1, 0.15) is 32.6 Å². The molecule has 11 heteroatoms. The van der Waals surface area contributed by atoms with E-state index in [1.165, 1.54) is 13.8 Å². The molecule has 0 amide bonds. The van der Waals surface area contributed by atoms with Crippen molar-refractivity contribution >= 4 is 28.2 Å². The number of hydrogen-bond acceptors (Lipinski definition) is 8. The Bertz CT molecular complexity index is 1380. The van der Waals surface area contributed by atoms with Gasteiger partial charge in [0.25, 0.3) is 11.4 Å². The van der Waals surface area contributed by atoms with Crippen LogP contribution in [0.4, 0.5) is 0 Å². The topological polar surface area (TPSA) is 122 Å². The molecule has 33 heavy (non-hydrogen) atoms. The maximum Gasteiger partial charge on any atom is 0.277 e. The maximum absolute atomic E-state index is 13.7. The summed E-state index contributed by atoms with van der Waals surface area (Å²) < 4.78 is 8.55. The molecule has 0 bridgehead atoms. The SMILES string of the molecule is CC(C)(O)c1nc(-c2ncn3c2c(=O)n(CCN2CCC(O)CC2)c2c(Cl)cccc23)no1. The summed E-state index contributed by atoms with van der Waals surface area (Å²) in [6.07, 6.45) is 2.74. The smallest absolute Gasteiger partial charge is 0.277 e. The van der Waals surface area contributed by atoms with Crippen molar-refractivity contribution in [1.29, 1.82) is 0 Å². The van der Waals surface area contributed by atoms with E-state index in [0.29, 0.717) is 29.1 Å². The van der Waals surface area contributed by atoms with Gasteiger partial charge < -0.3 is 24.2 Å². The number of para-hydroxylation sites is 1. The number of benzene rings is 1. The Morgan fingerprint density at radius 3 is 2.67 bits per heavy atom. The summed E-state index contributed by atoms with van der Waals surface area (Å²) in [5.74, 6) is 0.166. The first-order valence-corrected chi connectivity index (χ1v) is 11.3. The number of aliphatic hydroxyl groups excluding tert-OH is 1. The van der Waals surface area contributed by atoms with Gasteiger partial charge in [0.2, 0.25) is 5.82 Å². The van der Waals surface area contributed by atoms with E-state index in [1.807, 2.05) is 12.1 Å². The predicted octanol–water partition coefficient (Wildman–Crippen LogP) is 2.04. The third-order valence-corrected chi connectivity index (χ3v) is 6.37. The monoisotopic (exact) mass is 472 g/mol. The lowest BCUT2D eigenvalue weighted by molar-refractivity contribution is 0.0420. The number of rotatable bonds is 5. The molecule has 1 aliphatic heterocycles. The molecule has 3 aromatic heterocycles. The molecule has 1 aliphatic rings. The second kappa shape index (κ2) is 8.21. The van der Waals surface area contributed by atoms with E-state index in [9.17, 15) is 15.0 Å². The Balaban J connectivity index is 1.64.